The fourth-order valence-corrected chi connectivity index (χ4v) is 2.75. The van der Waals surface area contributed by atoms with E-state index in [-0.39, 0.29) is 11.9 Å². The maximum atomic E-state index is 12.4. The van der Waals surface area contributed by atoms with Crippen molar-refractivity contribution in [2.45, 2.75) is 39.3 Å². The van der Waals surface area contributed by atoms with E-state index in [2.05, 4.69) is 48.7 Å². The smallest absolute Gasteiger partial charge is 0.282 e. The topological polar surface area (TPSA) is 45.7 Å². The first-order chi connectivity index (χ1) is 11.1. The summed E-state index contributed by atoms with van der Waals surface area (Å²) in [5.41, 5.74) is 2.12. The summed E-state index contributed by atoms with van der Waals surface area (Å²) in [7, 11) is 0. The molecule has 0 unspecified atom stereocenters. The lowest BCUT2D eigenvalue weighted by molar-refractivity contribution is -0.714. The van der Waals surface area contributed by atoms with Crippen molar-refractivity contribution in [3.05, 3.63) is 66.2 Å². The minimum absolute atomic E-state index is 0.0425. The molecule has 1 amide bonds. The third-order valence-electron chi connectivity index (χ3n) is 3.93. The zero-order valence-electron chi connectivity index (χ0n) is 14.2. The maximum Gasteiger partial charge on any atom is 0.282 e. The number of amides is 1. The van der Waals surface area contributed by atoms with Crippen LogP contribution in [0.25, 0.3) is 0 Å². The monoisotopic (exact) mass is 311 g/mol. The van der Waals surface area contributed by atoms with Crippen LogP contribution in [-0.2, 0) is 4.79 Å². The minimum atomic E-state index is -0.140. The Morgan fingerprint density at radius 3 is 2.09 bits per heavy atom. The summed E-state index contributed by atoms with van der Waals surface area (Å²) in [6, 6.07) is 20.2. The Morgan fingerprint density at radius 1 is 0.957 bits per heavy atom. The van der Waals surface area contributed by atoms with Crippen molar-refractivity contribution in [1.82, 2.24) is 0 Å². The number of carbonyl (C=O) groups is 1. The molecule has 0 aliphatic carbocycles. The number of anilines is 1. The number of rotatable bonds is 7. The van der Waals surface area contributed by atoms with Gasteiger partial charge in [0.2, 0.25) is 0 Å². The Hall–Kier alpha value is -2.13. The highest BCUT2D eigenvalue weighted by Crippen LogP contribution is 2.17. The van der Waals surface area contributed by atoms with Gasteiger partial charge in [0, 0.05) is 17.7 Å². The van der Waals surface area contributed by atoms with E-state index < -0.39 is 0 Å². The van der Waals surface area contributed by atoms with Gasteiger partial charge in [0.1, 0.15) is 6.04 Å². The molecule has 0 aliphatic rings. The van der Waals surface area contributed by atoms with Crippen molar-refractivity contribution in [2.75, 3.05) is 5.32 Å². The van der Waals surface area contributed by atoms with Crippen molar-refractivity contribution >= 4 is 11.6 Å². The zero-order chi connectivity index (χ0) is 16.7. The number of para-hydroxylation sites is 1. The van der Waals surface area contributed by atoms with Gasteiger partial charge < -0.3 is 10.6 Å². The maximum absolute atomic E-state index is 12.4. The number of benzene rings is 2. The molecular weight excluding hydrogens is 284 g/mol. The van der Waals surface area contributed by atoms with Gasteiger partial charge in [0.15, 0.2) is 6.04 Å². The summed E-state index contributed by atoms with van der Waals surface area (Å²) in [6.07, 6.45) is 1.05. The van der Waals surface area contributed by atoms with E-state index in [4.69, 9.17) is 0 Å². The molecule has 3 nitrogen and oxygen atoms in total. The van der Waals surface area contributed by atoms with E-state index in [1.165, 1.54) is 5.56 Å². The molecule has 0 aliphatic heterocycles. The molecule has 0 saturated heterocycles. The standard InChI is InChI=1S/C20H26N2O/c1-15(2)14-19(17-10-6-4-7-11-17)21-16(3)20(23)22-18-12-8-5-9-13-18/h4-13,15-16,19,21H,14H2,1-3H3,(H,22,23)/p+1/t16-,19+/m0/s1. The summed E-state index contributed by atoms with van der Waals surface area (Å²) >= 11 is 0. The Morgan fingerprint density at radius 2 is 1.52 bits per heavy atom. The summed E-state index contributed by atoms with van der Waals surface area (Å²) in [4.78, 5) is 12.4. The highest BCUT2D eigenvalue weighted by molar-refractivity contribution is 5.93. The molecule has 2 atom stereocenters. The van der Waals surface area contributed by atoms with Gasteiger partial charge in [-0.15, -0.1) is 0 Å². The van der Waals surface area contributed by atoms with Gasteiger partial charge in [-0.1, -0.05) is 62.4 Å². The van der Waals surface area contributed by atoms with Crippen LogP contribution in [0.3, 0.4) is 0 Å². The van der Waals surface area contributed by atoms with Crippen molar-refractivity contribution in [1.29, 1.82) is 0 Å². The van der Waals surface area contributed by atoms with Crippen LogP contribution in [-0.4, -0.2) is 11.9 Å². The zero-order valence-corrected chi connectivity index (χ0v) is 14.2. The Labute approximate surface area is 139 Å². The lowest BCUT2D eigenvalue weighted by atomic mass is 9.96. The van der Waals surface area contributed by atoms with Gasteiger partial charge in [-0.3, -0.25) is 4.79 Å². The molecule has 0 heterocycles. The SMILES string of the molecule is CC(C)C[C@@H]([NH2+][C@@H](C)C(=O)Nc1ccccc1)c1ccccc1. The van der Waals surface area contributed by atoms with Gasteiger partial charge in [-0.25, -0.2) is 0 Å². The molecule has 0 spiro atoms. The van der Waals surface area contributed by atoms with Crippen molar-refractivity contribution in [3.8, 4) is 0 Å². The van der Waals surface area contributed by atoms with Crippen molar-refractivity contribution < 1.29 is 10.1 Å². The third kappa shape index (κ3) is 5.53. The molecule has 0 radical (unpaired) electrons. The van der Waals surface area contributed by atoms with Crippen LogP contribution in [0.5, 0.6) is 0 Å². The van der Waals surface area contributed by atoms with Gasteiger partial charge >= 0.3 is 0 Å². The summed E-state index contributed by atoms with van der Waals surface area (Å²) in [5, 5.41) is 5.16. The average Bonchev–Trinajstić information content (AvgIpc) is 2.55. The number of carbonyl (C=O) groups excluding carboxylic acids is 1. The molecule has 23 heavy (non-hydrogen) atoms. The van der Waals surface area contributed by atoms with Crippen molar-refractivity contribution in [3.63, 3.8) is 0 Å². The normalized spacial score (nSPS) is 13.6. The molecule has 3 N–H and O–H groups in total. The second kappa shape index (κ2) is 8.49. The van der Waals surface area contributed by atoms with E-state index in [9.17, 15) is 4.79 Å². The molecule has 0 aromatic heterocycles. The van der Waals surface area contributed by atoms with Gasteiger partial charge in [0.25, 0.3) is 5.91 Å². The summed E-state index contributed by atoms with van der Waals surface area (Å²) < 4.78 is 0. The molecule has 2 aromatic rings. The lowest BCUT2D eigenvalue weighted by Crippen LogP contribution is -2.92. The van der Waals surface area contributed by atoms with Crippen LogP contribution < -0.4 is 10.6 Å². The average molecular weight is 311 g/mol. The second-order valence-corrected chi connectivity index (χ2v) is 6.48. The fourth-order valence-electron chi connectivity index (χ4n) is 2.75. The van der Waals surface area contributed by atoms with Crippen LogP contribution in [0.4, 0.5) is 5.69 Å². The number of nitrogens with one attached hydrogen (secondary N) is 1. The molecule has 2 rings (SSSR count). The number of nitrogens with two attached hydrogens (primary N) is 1. The number of hydrogen-bond acceptors (Lipinski definition) is 1. The van der Waals surface area contributed by atoms with Gasteiger partial charge in [0.05, 0.1) is 0 Å². The van der Waals surface area contributed by atoms with Gasteiger partial charge in [-0.05, 0) is 25.0 Å². The first kappa shape index (κ1) is 17.2. The first-order valence-corrected chi connectivity index (χ1v) is 8.32. The van der Waals surface area contributed by atoms with Gasteiger partial charge in [-0.2, -0.15) is 0 Å². The van der Waals surface area contributed by atoms with Crippen LogP contribution in [0.1, 0.15) is 38.8 Å². The van der Waals surface area contributed by atoms with Crippen LogP contribution in [0.15, 0.2) is 60.7 Å². The molecular formula is C20H27N2O+. The predicted octanol–water partition coefficient (Wildman–Crippen LogP) is 3.36. The van der Waals surface area contributed by atoms with Crippen LogP contribution in [0.2, 0.25) is 0 Å². The highest BCUT2D eigenvalue weighted by Gasteiger charge is 2.24. The van der Waals surface area contributed by atoms with Crippen LogP contribution >= 0.6 is 0 Å². The molecule has 0 saturated carbocycles. The number of quaternary nitrogens is 1. The molecule has 2 aromatic carbocycles. The van der Waals surface area contributed by atoms with E-state index in [1.807, 2.05) is 43.3 Å². The molecule has 3 heteroatoms. The summed E-state index contributed by atoms with van der Waals surface area (Å²) in [6.45, 7) is 6.41. The largest absolute Gasteiger partial charge is 0.330 e. The quantitative estimate of drug-likeness (QED) is 0.809. The predicted molar refractivity (Wildman–Crippen MR) is 95.1 cm³/mol. The van der Waals surface area contributed by atoms with E-state index in [0.717, 1.165) is 12.1 Å². The second-order valence-electron chi connectivity index (χ2n) is 6.48. The van der Waals surface area contributed by atoms with E-state index in [1.54, 1.807) is 0 Å². The highest BCUT2D eigenvalue weighted by atomic mass is 16.2. The molecule has 0 fully saturated rings. The minimum Gasteiger partial charge on any atom is -0.330 e. The third-order valence-corrected chi connectivity index (χ3v) is 3.93. The fraction of sp³-hybridized carbons (Fsp3) is 0.350. The molecule has 122 valence electrons. The Kier molecular flexibility index (Phi) is 6.36. The Balaban J connectivity index is 2.02. The lowest BCUT2D eigenvalue weighted by Gasteiger charge is -2.21. The first-order valence-electron chi connectivity index (χ1n) is 8.32. The number of hydrogen-bond donors (Lipinski definition) is 2. The van der Waals surface area contributed by atoms with E-state index >= 15 is 0 Å². The van der Waals surface area contributed by atoms with Crippen LogP contribution in [0, 0.1) is 5.92 Å². The summed E-state index contributed by atoms with van der Waals surface area (Å²) in [5.74, 6) is 0.627. The Bertz CT molecular complexity index is 596. The van der Waals surface area contributed by atoms with E-state index in [0.29, 0.717) is 12.0 Å². The van der Waals surface area contributed by atoms with Crippen molar-refractivity contribution in [2.24, 2.45) is 5.92 Å². The molecule has 0 bridgehead atoms.